The maximum Gasteiger partial charge on any atom is 0.410 e. The lowest BCUT2D eigenvalue weighted by Crippen LogP contribution is -2.33. The van der Waals surface area contributed by atoms with Crippen LogP contribution in [-0.2, 0) is 63.8 Å². The van der Waals surface area contributed by atoms with Gasteiger partial charge in [-0.15, -0.1) is 34.0 Å². The molecule has 7 N–H and O–H groups in total. The zero-order valence-corrected chi connectivity index (χ0v) is 57.0. The van der Waals surface area contributed by atoms with Crippen molar-refractivity contribution < 1.29 is 32.6 Å². The molecule has 15 heterocycles. The van der Waals surface area contributed by atoms with Crippen molar-refractivity contribution >= 4 is 143 Å². The van der Waals surface area contributed by atoms with Crippen LogP contribution in [0.15, 0.2) is 123 Å². The van der Waals surface area contributed by atoms with Gasteiger partial charge in [0.05, 0.1) is 57.4 Å². The maximum atomic E-state index is 12.3. The van der Waals surface area contributed by atoms with Gasteiger partial charge in [-0.3, -0.25) is 14.9 Å². The highest BCUT2D eigenvalue weighted by Crippen LogP contribution is 2.31. The number of nitrogens with zero attached hydrogens (tertiary/aromatic N) is 18. The standard InChI is InChI=1S/C16H19ClN4O3.2C15H12ClN7OS.C13H10ClN7O2S/c1-16(2,3)24-15(22)21-8-11-12(9-21)19-14(17)20-13(11)18-7-10-5-4-6-23-10;16-14-21-12(19-7-10-18-5-6-25-10)11-13(22-14)23-15(20-11)24-8-9-1-3-17-4-2-9;16-14-21-12(19-7-10-18-4-5-25-10)11-13(22-14)23-15(20-11)24-8-9-2-1-3-17-6-9;14-12-19-10(17-5-8-16-2-4-24-8)9-11(20-12)21-13(18-9)23-6-7-15-1-3-22-7/h4-6H,7-9H2,1-3H3,(H,18,19,20);2*1-6H,7-8H2,(H2,19,20,21,22,23);1-4H,5-6H2,(H2,17,18,19,20,21). The molecular weight excluding hydrogens is 1410 g/mol. The number of H-pyrrole nitrogens is 3. The Hall–Kier alpha value is -10.6. The summed E-state index contributed by atoms with van der Waals surface area (Å²) in [6.45, 7) is 9.15. The molecular formula is C59H53Cl4N25O7S3. The molecule has 98 heavy (non-hydrogen) atoms. The number of pyridine rings is 2. The van der Waals surface area contributed by atoms with Crippen molar-refractivity contribution in [3.8, 4) is 18.0 Å². The van der Waals surface area contributed by atoms with E-state index in [-0.39, 0.29) is 39.8 Å². The molecule has 1 aliphatic heterocycles. The van der Waals surface area contributed by atoms with Gasteiger partial charge >= 0.3 is 6.09 Å². The number of amides is 1. The molecule has 0 unspecified atom stereocenters. The van der Waals surface area contributed by atoms with Gasteiger partial charge in [0.25, 0.3) is 18.0 Å². The number of aromatic nitrogens is 20. The first kappa shape index (κ1) is 67.4. The summed E-state index contributed by atoms with van der Waals surface area (Å²) in [5.74, 6) is 3.46. The van der Waals surface area contributed by atoms with E-state index in [1.54, 1.807) is 94.7 Å². The third-order valence-corrected chi connectivity index (χ3v) is 16.0. The second kappa shape index (κ2) is 32.0. The summed E-state index contributed by atoms with van der Waals surface area (Å²) in [5.41, 5.74) is 6.07. The second-order valence-electron chi connectivity index (χ2n) is 21.1. The minimum Gasteiger partial charge on any atom is -0.467 e. The molecule has 32 nitrogen and oxygen atoms in total. The second-order valence-corrected chi connectivity index (χ2v) is 25.4. The fourth-order valence-corrected chi connectivity index (χ4v) is 11.1. The van der Waals surface area contributed by atoms with Crippen molar-refractivity contribution in [2.75, 3.05) is 21.3 Å². The molecule has 1 amide bonds. The van der Waals surface area contributed by atoms with Crippen molar-refractivity contribution in [3.63, 3.8) is 0 Å². The highest BCUT2D eigenvalue weighted by Gasteiger charge is 2.32. The molecule has 14 aromatic heterocycles. The zero-order valence-electron chi connectivity index (χ0n) is 51.5. The maximum absolute atomic E-state index is 12.3. The van der Waals surface area contributed by atoms with Gasteiger partial charge < -0.3 is 64.0 Å². The van der Waals surface area contributed by atoms with Crippen LogP contribution in [-0.4, -0.2) is 116 Å². The highest BCUT2D eigenvalue weighted by atomic mass is 35.5. The van der Waals surface area contributed by atoms with Crippen LogP contribution in [0, 0.1) is 0 Å². The number of oxazole rings is 1. The van der Waals surface area contributed by atoms with Gasteiger partial charge in [-0.2, -0.15) is 44.9 Å². The van der Waals surface area contributed by atoms with E-state index in [1.165, 1.54) is 6.26 Å². The number of aromatic amines is 3. The Bertz CT molecular complexity index is 4680. The van der Waals surface area contributed by atoms with Crippen molar-refractivity contribution in [2.45, 2.75) is 85.5 Å². The Labute approximate surface area is 586 Å². The molecule has 0 radical (unpaired) electrons. The zero-order chi connectivity index (χ0) is 67.8. The van der Waals surface area contributed by atoms with Crippen molar-refractivity contribution in [1.82, 2.24) is 105 Å². The SMILES string of the molecule is CC(C)(C)OC(=O)N1Cc2nc(Cl)nc(NCc3ccco3)c2C1.Clc1nc(NCc2nccs2)c2[nH]c(OCc3cccnc3)nc2n1.Clc1nc(NCc2nccs2)c2[nH]c(OCc3ccncc3)nc2n1.Clc1nc(NCc2nccs2)c2[nH]c(OCc3ncco3)nc2n1. The van der Waals surface area contributed by atoms with Crippen LogP contribution >= 0.6 is 80.4 Å². The highest BCUT2D eigenvalue weighted by molar-refractivity contribution is 7.10. The molecule has 0 saturated heterocycles. The van der Waals surface area contributed by atoms with E-state index in [9.17, 15) is 4.79 Å². The summed E-state index contributed by atoms with van der Waals surface area (Å²) < 4.78 is 32.7. The number of rotatable bonds is 21. The number of nitrogens with one attached hydrogen (secondary N) is 7. The Kier molecular flexibility index (Phi) is 22.0. The summed E-state index contributed by atoms with van der Waals surface area (Å²) in [7, 11) is 0. The van der Waals surface area contributed by atoms with Crippen molar-refractivity contribution in [2.24, 2.45) is 0 Å². The van der Waals surface area contributed by atoms with Crippen LogP contribution in [0.4, 0.5) is 28.1 Å². The van der Waals surface area contributed by atoms with Gasteiger partial charge in [0.1, 0.15) is 68.2 Å². The van der Waals surface area contributed by atoms with Gasteiger partial charge in [0, 0.05) is 70.6 Å². The summed E-state index contributed by atoms with van der Waals surface area (Å²) in [5, 5.41) is 21.8. The first-order chi connectivity index (χ1) is 47.6. The summed E-state index contributed by atoms with van der Waals surface area (Å²) in [6, 6.07) is 12.2. The largest absolute Gasteiger partial charge is 0.467 e. The van der Waals surface area contributed by atoms with Crippen LogP contribution in [0.3, 0.4) is 0 Å². The van der Waals surface area contributed by atoms with Crippen LogP contribution in [0.25, 0.3) is 33.5 Å². The number of hydrogen-bond donors (Lipinski definition) is 7. The number of ether oxygens (including phenoxy) is 4. The first-order valence-electron chi connectivity index (χ1n) is 29.2. The molecule has 39 heteroatoms. The van der Waals surface area contributed by atoms with Crippen LogP contribution in [0.2, 0.25) is 21.1 Å². The number of halogens is 4. The van der Waals surface area contributed by atoms with Gasteiger partial charge in [0.15, 0.2) is 41.0 Å². The number of imidazole rings is 3. The van der Waals surface area contributed by atoms with E-state index in [0.717, 1.165) is 43.2 Å². The smallest absolute Gasteiger partial charge is 0.410 e. The van der Waals surface area contributed by atoms with Crippen molar-refractivity contribution in [1.29, 1.82) is 0 Å². The molecule has 0 aliphatic carbocycles. The van der Waals surface area contributed by atoms with Crippen LogP contribution in [0.5, 0.6) is 18.0 Å². The van der Waals surface area contributed by atoms with E-state index in [4.69, 9.17) is 74.2 Å². The number of thiazole rings is 3. The average Bonchev–Trinajstić information content (AvgIpc) is 1.67. The Morgan fingerprint density at radius 2 is 1.03 bits per heavy atom. The van der Waals surface area contributed by atoms with Crippen LogP contribution < -0.4 is 35.5 Å². The molecule has 0 fully saturated rings. The number of hydrogen-bond acceptors (Lipinski definition) is 31. The normalized spacial score (nSPS) is 11.6. The average molecular weight is 1460 g/mol. The summed E-state index contributed by atoms with van der Waals surface area (Å²) >= 11 is 28.6. The van der Waals surface area contributed by atoms with E-state index in [2.05, 4.69) is 121 Å². The third kappa shape index (κ3) is 18.7. The van der Waals surface area contributed by atoms with Gasteiger partial charge in [-0.25, -0.2) is 34.7 Å². The number of anilines is 4. The molecule has 0 bridgehead atoms. The number of carbonyl (C=O) groups excluding carboxylic acids is 1. The fraction of sp³-hybridized carbons (Fsp3) is 0.220. The number of carbonyl (C=O) groups is 1. The summed E-state index contributed by atoms with van der Waals surface area (Å²) in [4.78, 5) is 94.0. The number of fused-ring (bicyclic) bond motifs is 4. The van der Waals surface area contributed by atoms with E-state index >= 15 is 0 Å². The molecule has 0 aromatic carbocycles. The minimum atomic E-state index is -0.546. The lowest BCUT2D eigenvalue weighted by Gasteiger charge is -2.24. The Balaban J connectivity index is 0.000000124. The molecule has 14 aromatic rings. The molecule has 502 valence electrons. The predicted molar refractivity (Wildman–Crippen MR) is 365 cm³/mol. The fourth-order valence-electron chi connectivity index (χ4n) is 8.77. The Morgan fingerprint density at radius 3 is 1.50 bits per heavy atom. The number of furan rings is 1. The van der Waals surface area contributed by atoms with Crippen molar-refractivity contribution in [3.05, 3.63) is 185 Å². The quantitative estimate of drug-likeness (QED) is 0.0329. The van der Waals surface area contributed by atoms with Gasteiger partial charge in [-0.1, -0.05) is 6.07 Å². The van der Waals surface area contributed by atoms with Gasteiger partial charge in [-0.05, 0) is 103 Å². The molecule has 15 rings (SSSR count). The van der Waals surface area contributed by atoms with E-state index in [1.807, 2.05) is 73.3 Å². The molecule has 0 saturated carbocycles. The predicted octanol–water partition coefficient (Wildman–Crippen LogP) is 12.3. The lowest BCUT2D eigenvalue weighted by atomic mass is 10.2. The van der Waals surface area contributed by atoms with E-state index < -0.39 is 5.60 Å². The lowest BCUT2D eigenvalue weighted by molar-refractivity contribution is 0.0240. The van der Waals surface area contributed by atoms with Gasteiger partial charge in [0.2, 0.25) is 27.0 Å². The topological polar surface area (TPSA) is 398 Å². The Morgan fingerprint density at radius 1 is 0.520 bits per heavy atom. The minimum absolute atomic E-state index is 0.0925. The van der Waals surface area contributed by atoms with E-state index in [0.29, 0.717) is 127 Å². The molecule has 0 atom stereocenters. The van der Waals surface area contributed by atoms with Crippen LogP contribution in [0.1, 0.15) is 69.8 Å². The molecule has 1 aliphatic rings. The summed E-state index contributed by atoms with van der Waals surface area (Å²) in [6.07, 6.45) is 16.4. The first-order valence-corrected chi connectivity index (χ1v) is 33.3. The third-order valence-electron chi connectivity index (χ3n) is 13.0. The molecule has 0 spiro atoms. The monoisotopic (exact) mass is 1460 g/mol.